The molecule has 0 aromatic carbocycles. The fraction of sp³-hybridized carbons (Fsp3) is 1.00. The molecular formula is C6H18N2Na2O4PtS. The molecule has 0 saturated heterocycles. The van der Waals surface area contributed by atoms with Gasteiger partial charge in [0.1, 0.15) is 0 Å². The van der Waals surface area contributed by atoms with Crippen molar-refractivity contribution in [2.75, 3.05) is 0 Å². The molecule has 10 heteroatoms. The van der Waals surface area contributed by atoms with Gasteiger partial charge in [0, 0.05) is 33.1 Å². The normalized spacial score (nSPS) is 23.5. The van der Waals surface area contributed by atoms with Gasteiger partial charge in [0.25, 0.3) is 0 Å². The zero-order chi connectivity index (χ0) is 10.5. The summed E-state index contributed by atoms with van der Waals surface area (Å²) >= 11 is 0. The third kappa shape index (κ3) is 21.7. The largest absolute Gasteiger partial charge is 0 e. The summed E-state index contributed by atoms with van der Waals surface area (Å²) < 4.78 is 31.6. The average Bonchev–Trinajstić information content (AvgIpc) is 1.92. The van der Waals surface area contributed by atoms with Gasteiger partial charge < -0.3 is 11.5 Å². The summed E-state index contributed by atoms with van der Waals surface area (Å²) in [5, 5.41) is 0. The van der Waals surface area contributed by atoms with Crippen LogP contribution in [-0.2, 0) is 31.5 Å². The minimum absolute atomic E-state index is 0. The molecule has 1 fully saturated rings. The Bertz CT molecular complexity index is 225. The molecule has 0 amide bonds. The first-order valence-corrected chi connectivity index (χ1v) is 5.41. The maximum Gasteiger partial charge on any atom is 0 e. The molecule has 1 rings (SSSR count). The summed E-state index contributed by atoms with van der Waals surface area (Å²) in [6, 6.07) is 0.562. The number of rotatable bonds is 0. The summed E-state index contributed by atoms with van der Waals surface area (Å²) in [5.41, 5.74) is 11.3. The van der Waals surface area contributed by atoms with Crippen LogP contribution in [0.1, 0.15) is 25.7 Å². The molecule has 6 nitrogen and oxygen atoms in total. The van der Waals surface area contributed by atoms with E-state index in [4.69, 9.17) is 29.0 Å². The fourth-order valence-corrected chi connectivity index (χ4v) is 1.19. The summed E-state index contributed by atoms with van der Waals surface area (Å²) in [5.74, 6) is 0. The Hall–Kier alpha value is 2.48. The predicted molar refractivity (Wildman–Crippen MR) is 62.9 cm³/mol. The first kappa shape index (κ1) is 26.9. The van der Waals surface area contributed by atoms with Crippen LogP contribution in [0.3, 0.4) is 0 Å². The quantitative estimate of drug-likeness (QED) is 0.254. The summed E-state index contributed by atoms with van der Waals surface area (Å²) in [7, 11) is -4.67. The van der Waals surface area contributed by atoms with Crippen LogP contribution in [0.4, 0.5) is 0 Å². The first-order valence-electron chi connectivity index (χ1n) is 4.01. The van der Waals surface area contributed by atoms with Gasteiger partial charge >= 0.3 is 69.5 Å². The van der Waals surface area contributed by atoms with E-state index in [-0.39, 0.29) is 92.3 Å². The molecule has 1 saturated carbocycles. The number of hydrogen-bond donors (Lipinski definition) is 4. The Kier molecular flexibility index (Phi) is 23.4. The van der Waals surface area contributed by atoms with Gasteiger partial charge in [-0.3, -0.25) is 9.11 Å². The van der Waals surface area contributed by atoms with E-state index in [9.17, 15) is 0 Å². The Morgan fingerprint density at radius 1 is 0.938 bits per heavy atom. The summed E-state index contributed by atoms with van der Waals surface area (Å²) in [4.78, 5) is 0. The van der Waals surface area contributed by atoms with Crippen molar-refractivity contribution in [2.24, 2.45) is 11.5 Å². The zero-order valence-corrected chi connectivity index (χ0v) is 10.7. The van der Waals surface area contributed by atoms with Crippen molar-refractivity contribution in [1.29, 1.82) is 0 Å². The zero-order valence-electron chi connectivity index (χ0n) is 7.57. The van der Waals surface area contributed by atoms with Crippen molar-refractivity contribution in [3.63, 3.8) is 0 Å². The van der Waals surface area contributed by atoms with Crippen LogP contribution in [0.5, 0.6) is 0 Å². The molecule has 0 heterocycles. The Labute approximate surface area is 155 Å². The molecule has 1 aliphatic rings. The van der Waals surface area contributed by atoms with Gasteiger partial charge in [0.15, 0.2) is 0 Å². The Morgan fingerprint density at radius 2 is 1.12 bits per heavy atom. The van der Waals surface area contributed by atoms with Crippen molar-refractivity contribution in [3.05, 3.63) is 0 Å². The van der Waals surface area contributed by atoms with E-state index in [0.717, 1.165) is 12.8 Å². The Balaban J connectivity index is -0.0000000818. The van der Waals surface area contributed by atoms with Crippen molar-refractivity contribution in [2.45, 2.75) is 37.8 Å². The van der Waals surface area contributed by atoms with Crippen LogP contribution < -0.4 is 11.5 Å². The maximum atomic E-state index is 8.74. The van der Waals surface area contributed by atoms with E-state index in [0.29, 0.717) is 0 Å². The molecule has 0 aliphatic heterocycles. The number of nitrogens with two attached hydrogens (primary N) is 2. The van der Waals surface area contributed by atoms with E-state index in [1.54, 1.807) is 0 Å². The van der Waals surface area contributed by atoms with E-state index in [1.807, 2.05) is 0 Å². The monoisotopic (exact) mass is 455 g/mol. The maximum absolute atomic E-state index is 8.74. The van der Waals surface area contributed by atoms with E-state index >= 15 is 0 Å². The van der Waals surface area contributed by atoms with Gasteiger partial charge in [-0.15, -0.1) is 0 Å². The second-order valence-electron chi connectivity index (χ2n) is 3.06. The van der Waals surface area contributed by atoms with Crippen LogP contribution in [0.25, 0.3) is 0 Å². The van der Waals surface area contributed by atoms with Crippen molar-refractivity contribution in [1.82, 2.24) is 0 Å². The van der Waals surface area contributed by atoms with Crippen LogP contribution >= 0.6 is 0 Å². The predicted octanol–water partition coefficient (Wildman–Crippen LogP) is -1.74. The van der Waals surface area contributed by atoms with E-state index in [1.165, 1.54) is 12.8 Å². The van der Waals surface area contributed by atoms with Gasteiger partial charge in [0.2, 0.25) is 0 Å². The van der Waals surface area contributed by atoms with E-state index < -0.39 is 10.4 Å². The van der Waals surface area contributed by atoms with Crippen LogP contribution in [0.2, 0.25) is 0 Å². The van der Waals surface area contributed by atoms with Gasteiger partial charge in [-0.2, -0.15) is 8.42 Å². The number of hydrogen-bond acceptors (Lipinski definition) is 4. The third-order valence-electron chi connectivity index (χ3n) is 1.87. The molecule has 16 heavy (non-hydrogen) atoms. The van der Waals surface area contributed by atoms with E-state index in [2.05, 4.69) is 0 Å². The summed E-state index contributed by atoms with van der Waals surface area (Å²) in [6.45, 7) is 0. The van der Waals surface area contributed by atoms with Crippen LogP contribution in [0, 0.1) is 0 Å². The molecular weight excluding hydrogens is 437 g/mol. The minimum atomic E-state index is -4.67. The molecule has 0 radical (unpaired) electrons. The molecule has 2 atom stereocenters. The standard InChI is InChI=1S/C6H14N2.2Na.H2O4S.Pt.2H/c7-5-3-1-2-4-6(5)8;;;1-5(2,3)4;;;/h5-6H,1-4,7-8H2;;;(H2,1,2,3,4);;;. The SMILES string of the molecule is NC1CCCCC1N.O=S(=O)(O)O.[NaH].[NaH].[Pt]. The van der Waals surface area contributed by atoms with Crippen molar-refractivity contribution < 1.29 is 38.6 Å². The second kappa shape index (κ2) is 13.9. The molecule has 94 valence electrons. The molecule has 0 aromatic rings. The first-order chi connectivity index (χ1) is 5.80. The molecule has 0 bridgehead atoms. The topological polar surface area (TPSA) is 127 Å². The molecule has 2 unspecified atom stereocenters. The molecule has 6 N–H and O–H groups in total. The van der Waals surface area contributed by atoms with Gasteiger partial charge in [-0.25, -0.2) is 0 Å². The second-order valence-corrected chi connectivity index (χ2v) is 3.96. The van der Waals surface area contributed by atoms with Gasteiger partial charge in [0.05, 0.1) is 0 Å². The Morgan fingerprint density at radius 3 is 1.25 bits per heavy atom. The smallest absolute Gasteiger partial charge is 0 e. The van der Waals surface area contributed by atoms with Crippen molar-refractivity contribution in [3.8, 4) is 0 Å². The van der Waals surface area contributed by atoms with Crippen LogP contribution in [-0.4, -0.2) is 88.7 Å². The minimum Gasteiger partial charge on any atom is 0 e. The van der Waals surface area contributed by atoms with Crippen LogP contribution in [0.15, 0.2) is 0 Å². The van der Waals surface area contributed by atoms with Gasteiger partial charge in [-0.05, 0) is 12.8 Å². The molecule has 0 aromatic heterocycles. The fourth-order valence-electron chi connectivity index (χ4n) is 1.19. The van der Waals surface area contributed by atoms with Crippen molar-refractivity contribution >= 4 is 69.5 Å². The average molecular weight is 455 g/mol. The third-order valence-corrected chi connectivity index (χ3v) is 1.87. The molecule has 0 spiro atoms. The molecule has 1 aliphatic carbocycles. The summed E-state index contributed by atoms with van der Waals surface area (Å²) in [6.07, 6.45) is 4.80. The van der Waals surface area contributed by atoms with Gasteiger partial charge in [-0.1, -0.05) is 12.8 Å².